The van der Waals surface area contributed by atoms with Crippen LogP contribution < -0.4 is 9.47 Å². The molecule has 3 aromatic carbocycles. The maximum absolute atomic E-state index is 8.82. The lowest BCUT2D eigenvalue weighted by molar-refractivity contribution is 0.291. The first-order valence-electron chi connectivity index (χ1n) is 10.1. The highest BCUT2D eigenvalue weighted by atomic mass is 16.5. The zero-order chi connectivity index (χ0) is 21.5. The van der Waals surface area contributed by atoms with Gasteiger partial charge in [-0.2, -0.15) is 5.26 Å². The molecule has 0 radical (unpaired) electrons. The van der Waals surface area contributed by atoms with Gasteiger partial charge in [-0.25, -0.2) is 4.98 Å². The van der Waals surface area contributed by atoms with Crippen LogP contribution >= 0.6 is 0 Å². The monoisotopic (exact) mass is 406 g/mol. The molecule has 0 saturated carbocycles. The first-order valence-corrected chi connectivity index (χ1v) is 10.1. The third kappa shape index (κ3) is 5.09. The van der Waals surface area contributed by atoms with Crippen molar-refractivity contribution in [2.45, 2.75) is 13.5 Å². The summed E-state index contributed by atoms with van der Waals surface area (Å²) in [6.45, 7) is 2.34. The number of aryl methyl sites for hydroxylation is 1. The van der Waals surface area contributed by atoms with E-state index in [2.05, 4.69) is 17.1 Å². The van der Waals surface area contributed by atoms with E-state index < -0.39 is 0 Å². The molecule has 0 N–H and O–H groups in total. The van der Waals surface area contributed by atoms with Crippen LogP contribution in [-0.2, 0) is 6.61 Å². The molecule has 4 aromatic rings. The minimum absolute atomic E-state index is 0.0148. The molecule has 152 valence electrons. The van der Waals surface area contributed by atoms with Gasteiger partial charge in [0.25, 0.3) is 0 Å². The Morgan fingerprint density at radius 3 is 2.68 bits per heavy atom. The second-order valence-electron chi connectivity index (χ2n) is 7.13. The molecule has 4 rings (SSSR count). The molecule has 0 aliphatic rings. The standard InChI is InChI=1S/C27H22N2O2/c1-20-6-4-9-23(27(20)30-17-16-28)19-31-25-10-5-7-21(18-25)12-14-24-15-13-22-8-2-3-11-26(22)29-24/h2-15,18H,17,19H2,1H3/b14-12+. The zero-order valence-corrected chi connectivity index (χ0v) is 17.3. The highest BCUT2D eigenvalue weighted by molar-refractivity contribution is 5.80. The third-order valence-corrected chi connectivity index (χ3v) is 4.89. The van der Waals surface area contributed by atoms with Gasteiger partial charge in [0.2, 0.25) is 0 Å². The van der Waals surface area contributed by atoms with E-state index in [4.69, 9.17) is 14.7 Å². The molecule has 0 saturated heterocycles. The minimum atomic E-state index is 0.0148. The van der Waals surface area contributed by atoms with E-state index in [9.17, 15) is 0 Å². The molecule has 0 amide bonds. The number of pyridine rings is 1. The summed E-state index contributed by atoms with van der Waals surface area (Å²) < 4.78 is 11.6. The van der Waals surface area contributed by atoms with Crippen LogP contribution in [0.4, 0.5) is 0 Å². The molecule has 0 bridgehead atoms. The zero-order valence-electron chi connectivity index (χ0n) is 17.3. The Balaban J connectivity index is 1.47. The van der Waals surface area contributed by atoms with E-state index in [0.717, 1.165) is 39.0 Å². The Morgan fingerprint density at radius 2 is 1.77 bits per heavy atom. The van der Waals surface area contributed by atoms with E-state index in [-0.39, 0.29) is 6.61 Å². The van der Waals surface area contributed by atoms with Gasteiger partial charge in [-0.15, -0.1) is 0 Å². The number of hydrogen-bond acceptors (Lipinski definition) is 4. The SMILES string of the molecule is Cc1cccc(COc2cccc(/C=C/c3ccc4ccccc4n3)c2)c1OCC#N. The maximum atomic E-state index is 8.82. The largest absolute Gasteiger partial charge is 0.489 e. The summed E-state index contributed by atoms with van der Waals surface area (Å²) in [7, 11) is 0. The Bertz CT molecular complexity index is 1270. The highest BCUT2D eigenvalue weighted by Crippen LogP contribution is 2.25. The molecule has 1 aromatic heterocycles. The highest BCUT2D eigenvalue weighted by Gasteiger charge is 2.08. The molecule has 0 aliphatic heterocycles. The third-order valence-electron chi connectivity index (χ3n) is 4.89. The number of fused-ring (bicyclic) bond motifs is 1. The van der Waals surface area contributed by atoms with Crippen molar-refractivity contribution in [2.75, 3.05) is 6.61 Å². The lowest BCUT2D eigenvalue weighted by Crippen LogP contribution is -2.03. The summed E-state index contributed by atoms with van der Waals surface area (Å²) in [6.07, 6.45) is 4.03. The van der Waals surface area contributed by atoms with Crippen molar-refractivity contribution in [3.8, 4) is 17.6 Å². The van der Waals surface area contributed by atoms with Crippen LogP contribution in [0.2, 0.25) is 0 Å². The van der Waals surface area contributed by atoms with Gasteiger partial charge in [0.05, 0.1) is 11.2 Å². The van der Waals surface area contributed by atoms with Gasteiger partial charge in [0.1, 0.15) is 24.2 Å². The molecule has 0 fully saturated rings. The second-order valence-corrected chi connectivity index (χ2v) is 7.13. The van der Waals surface area contributed by atoms with Crippen LogP contribution in [0.25, 0.3) is 23.1 Å². The normalized spacial score (nSPS) is 10.8. The Hall–Kier alpha value is -4.10. The first-order chi connectivity index (χ1) is 15.2. The van der Waals surface area contributed by atoms with E-state index in [1.807, 2.05) is 91.9 Å². The van der Waals surface area contributed by atoms with Crippen LogP contribution in [0.1, 0.15) is 22.4 Å². The van der Waals surface area contributed by atoms with Crippen molar-refractivity contribution in [3.05, 3.63) is 101 Å². The molecule has 4 heteroatoms. The summed E-state index contributed by atoms with van der Waals surface area (Å²) in [4.78, 5) is 4.68. The maximum Gasteiger partial charge on any atom is 0.174 e. The van der Waals surface area contributed by atoms with E-state index in [1.165, 1.54) is 0 Å². The molecule has 0 aliphatic carbocycles. The quantitative estimate of drug-likeness (QED) is 0.367. The number of rotatable bonds is 7. The number of hydrogen-bond donors (Lipinski definition) is 0. The lowest BCUT2D eigenvalue weighted by atomic mass is 10.1. The van der Waals surface area contributed by atoms with Crippen molar-refractivity contribution >= 4 is 23.1 Å². The average molecular weight is 406 g/mol. The molecular weight excluding hydrogens is 384 g/mol. The van der Waals surface area contributed by atoms with Crippen LogP contribution in [0.15, 0.2) is 78.9 Å². The summed E-state index contributed by atoms with van der Waals surface area (Å²) in [5, 5.41) is 9.94. The van der Waals surface area contributed by atoms with Crippen LogP contribution in [0.5, 0.6) is 11.5 Å². The van der Waals surface area contributed by atoms with Gasteiger partial charge < -0.3 is 9.47 Å². The predicted octanol–water partition coefficient (Wildman–Crippen LogP) is 6.20. The second kappa shape index (κ2) is 9.60. The van der Waals surface area contributed by atoms with Gasteiger partial charge in [-0.1, -0.05) is 60.7 Å². The van der Waals surface area contributed by atoms with Crippen LogP contribution in [0.3, 0.4) is 0 Å². The summed E-state index contributed by atoms with van der Waals surface area (Å²) in [5.41, 5.74) is 4.81. The molecule has 0 unspecified atom stereocenters. The molecule has 0 spiro atoms. The van der Waals surface area contributed by atoms with Crippen molar-refractivity contribution in [2.24, 2.45) is 0 Å². The summed E-state index contributed by atoms with van der Waals surface area (Å²) in [5.74, 6) is 1.48. The fourth-order valence-corrected chi connectivity index (χ4v) is 3.36. The summed E-state index contributed by atoms with van der Waals surface area (Å²) >= 11 is 0. The van der Waals surface area contributed by atoms with Crippen molar-refractivity contribution < 1.29 is 9.47 Å². The lowest BCUT2D eigenvalue weighted by Gasteiger charge is -2.13. The number of nitriles is 1. The fraction of sp³-hybridized carbons (Fsp3) is 0.111. The van der Waals surface area contributed by atoms with Crippen LogP contribution in [-0.4, -0.2) is 11.6 Å². The number of benzene rings is 3. The number of nitrogens with zero attached hydrogens (tertiary/aromatic N) is 2. The molecule has 4 nitrogen and oxygen atoms in total. The van der Waals surface area contributed by atoms with E-state index in [1.54, 1.807) is 0 Å². The number of para-hydroxylation sites is 2. The summed E-state index contributed by atoms with van der Waals surface area (Å²) in [6, 6.07) is 28.0. The smallest absolute Gasteiger partial charge is 0.174 e. The first kappa shape index (κ1) is 20.2. The van der Waals surface area contributed by atoms with Gasteiger partial charge >= 0.3 is 0 Å². The number of ether oxygens (including phenoxy) is 2. The average Bonchev–Trinajstić information content (AvgIpc) is 2.81. The molecule has 31 heavy (non-hydrogen) atoms. The Morgan fingerprint density at radius 1 is 0.903 bits per heavy atom. The van der Waals surface area contributed by atoms with E-state index >= 15 is 0 Å². The molecule has 0 atom stereocenters. The topological polar surface area (TPSA) is 55.1 Å². The Labute approximate surface area is 182 Å². The van der Waals surface area contributed by atoms with E-state index in [0.29, 0.717) is 12.4 Å². The van der Waals surface area contributed by atoms with Crippen molar-refractivity contribution in [3.63, 3.8) is 0 Å². The van der Waals surface area contributed by atoms with Gasteiger partial charge in [0.15, 0.2) is 6.61 Å². The number of aromatic nitrogens is 1. The van der Waals surface area contributed by atoms with Gasteiger partial charge in [0, 0.05) is 10.9 Å². The van der Waals surface area contributed by atoms with Gasteiger partial charge in [-0.3, -0.25) is 0 Å². The minimum Gasteiger partial charge on any atom is -0.489 e. The molecular formula is C27H22N2O2. The van der Waals surface area contributed by atoms with Gasteiger partial charge in [-0.05, 0) is 48.4 Å². The van der Waals surface area contributed by atoms with Crippen molar-refractivity contribution in [1.82, 2.24) is 4.98 Å². The predicted molar refractivity (Wildman–Crippen MR) is 124 cm³/mol. The molecule has 1 heterocycles. The van der Waals surface area contributed by atoms with Crippen LogP contribution in [0, 0.1) is 18.3 Å². The fourth-order valence-electron chi connectivity index (χ4n) is 3.36. The Kier molecular flexibility index (Phi) is 6.25. The van der Waals surface area contributed by atoms with Crippen molar-refractivity contribution in [1.29, 1.82) is 5.26 Å².